The first-order chi connectivity index (χ1) is 12.8. The lowest BCUT2D eigenvalue weighted by Gasteiger charge is -2.06. The summed E-state index contributed by atoms with van der Waals surface area (Å²) in [7, 11) is 1.51. The van der Waals surface area contributed by atoms with E-state index >= 15 is 0 Å². The molecule has 0 bridgehead atoms. The van der Waals surface area contributed by atoms with Gasteiger partial charge in [0.15, 0.2) is 17.5 Å². The van der Waals surface area contributed by atoms with Gasteiger partial charge in [-0.15, -0.1) is 0 Å². The second-order valence-corrected chi connectivity index (χ2v) is 5.41. The van der Waals surface area contributed by atoms with E-state index in [1.54, 1.807) is 37.3 Å². The van der Waals surface area contributed by atoms with Gasteiger partial charge < -0.3 is 25.3 Å². The predicted octanol–water partition coefficient (Wildman–Crippen LogP) is 1.88. The highest BCUT2D eigenvalue weighted by Gasteiger charge is 2.09. The molecule has 0 atom stereocenters. The smallest absolute Gasteiger partial charge is 0.481 e. The summed E-state index contributed by atoms with van der Waals surface area (Å²) in [5.41, 5.74) is 5.62. The molecule has 2 rings (SSSR count). The molecule has 1 aromatic carbocycles. The fraction of sp³-hybridized carbons (Fsp3) is 0.235. The Morgan fingerprint density at radius 3 is 2.41 bits per heavy atom. The number of hydrogen-bond acceptors (Lipinski definition) is 8. The number of aromatic nitrogens is 2. The number of nitrogens with two attached hydrogens (primary N) is 1. The normalized spacial score (nSPS) is 9.30. The van der Waals surface area contributed by atoms with E-state index in [9.17, 15) is 9.59 Å². The van der Waals surface area contributed by atoms with Crippen LogP contribution in [0.15, 0.2) is 36.4 Å². The number of rotatable bonds is 4. The number of hydrogen-bond donors (Lipinski definition) is 2. The van der Waals surface area contributed by atoms with Gasteiger partial charge in [0.05, 0.1) is 7.11 Å². The fourth-order valence-electron chi connectivity index (χ4n) is 1.68. The minimum absolute atomic E-state index is 0.0208. The molecule has 0 aliphatic rings. The largest absolute Gasteiger partial charge is 0.514 e. The van der Waals surface area contributed by atoms with Gasteiger partial charge in [-0.2, -0.15) is 4.98 Å². The molecule has 0 aliphatic heterocycles. The van der Waals surface area contributed by atoms with E-state index in [1.807, 2.05) is 6.07 Å². The highest BCUT2D eigenvalue weighted by molar-refractivity contribution is 7.80. The van der Waals surface area contributed by atoms with Gasteiger partial charge in [-0.1, -0.05) is 18.2 Å². The van der Waals surface area contributed by atoms with E-state index in [1.165, 1.54) is 14.0 Å². The third-order valence-electron chi connectivity index (χ3n) is 2.65. The molecular weight excluding hydrogens is 372 g/mol. The van der Waals surface area contributed by atoms with E-state index in [-0.39, 0.29) is 17.6 Å². The van der Waals surface area contributed by atoms with Crippen LogP contribution in [-0.2, 0) is 16.1 Å². The summed E-state index contributed by atoms with van der Waals surface area (Å²) in [6, 6.07) is 10.4. The number of nitrogens with one attached hydrogen (secondary N) is 1. The van der Waals surface area contributed by atoms with Gasteiger partial charge in [0, 0.05) is 18.7 Å². The van der Waals surface area contributed by atoms with Crippen molar-refractivity contribution in [3.8, 4) is 11.6 Å². The van der Waals surface area contributed by atoms with Crippen molar-refractivity contribution in [1.82, 2.24) is 15.3 Å². The lowest BCUT2D eigenvalue weighted by molar-refractivity contribution is -0.117. The molecule has 3 N–H and O–H groups in total. The molecular formula is C17H20N4O5S. The highest BCUT2D eigenvalue weighted by atomic mass is 32.1. The average molecular weight is 392 g/mol. The van der Waals surface area contributed by atoms with Gasteiger partial charge in [0.25, 0.3) is 0 Å². The van der Waals surface area contributed by atoms with Crippen molar-refractivity contribution in [1.29, 1.82) is 0 Å². The second kappa shape index (κ2) is 11.4. The van der Waals surface area contributed by atoms with Crippen molar-refractivity contribution < 1.29 is 23.8 Å². The van der Waals surface area contributed by atoms with Crippen LogP contribution in [0.3, 0.4) is 0 Å². The van der Waals surface area contributed by atoms with Crippen molar-refractivity contribution in [2.75, 3.05) is 7.11 Å². The SMILES string of the molecule is CC(=O)NC(N)=S.COc1cc(C)nc(COC(=O)Oc2ccccc2)n1. The second-order valence-electron chi connectivity index (χ2n) is 4.97. The van der Waals surface area contributed by atoms with E-state index < -0.39 is 6.16 Å². The zero-order chi connectivity index (χ0) is 20.2. The van der Waals surface area contributed by atoms with Crippen LogP contribution in [0, 0.1) is 6.92 Å². The Hall–Kier alpha value is -3.27. The molecule has 0 unspecified atom stereocenters. The lowest BCUT2D eigenvalue weighted by Crippen LogP contribution is -2.32. The first kappa shape index (κ1) is 21.8. The Kier molecular flexibility index (Phi) is 9.16. The number of methoxy groups -OCH3 is 1. The first-order valence-corrected chi connectivity index (χ1v) is 8.06. The Bertz CT molecular complexity index is 774. The molecule has 10 heteroatoms. The maximum atomic E-state index is 11.5. The Labute approximate surface area is 161 Å². The van der Waals surface area contributed by atoms with Crippen LogP contribution in [0.25, 0.3) is 0 Å². The predicted molar refractivity (Wildman–Crippen MR) is 101 cm³/mol. The molecule has 144 valence electrons. The summed E-state index contributed by atoms with van der Waals surface area (Å²) in [6.45, 7) is 3.07. The first-order valence-electron chi connectivity index (χ1n) is 7.65. The zero-order valence-electron chi connectivity index (χ0n) is 15.1. The van der Waals surface area contributed by atoms with Crippen LogP contribution < -0.4 is 20.5 Å². The summed E-state index contributed by atoms with van der Waals surface area (Å²) in [5.74, 6) is 0.965. The summed E-state index contributed by atoms with van der Waals surface area (Å²) in [4.78, 5) is 29.7. The van der Waals surface area contributed by atoms with Crippen LogP contribution in [0.2, 0.25) is 0 Å². The van der Waals surface area contributed by atoms with E-state index in [0.29, 0.717) is 17.5 Å². The van der Waals surface area contributed by atoms with E-state index in [4.69, 9.17) is 19.9 Å². The van der Waals surface area contributed by atoms with Crippen LogP contribution in [0.5, 0.6) is 11.6 Å². The Morgan fingerprint density at radius 2 is 1.89 bits per heavy atom. The fourth-order valence-corrected chi connectivity index (χ4v) is 1.82. The van der Waals surface area contributed by atoms with Crippen LogP contribution in [-0.4, -0.2) is 34.3 Å². The standard InChI is InChI=1S/C14H14N2O4.C3H6N2OS/c1-10-8-13(18-2)16-12(15-10)9-19-14(17)20-11-6-4-3-5-7-11;1-2(6)5-3(4)7/h3-8H,9H2,1-2H3;1H3,(H3,4,5,6,7). The quantitative estimate of drug-likeness (QED) is 0.455. The maximum absolute atomic E-state index is 11.5. The Morgan fingerprint density at radius 1 is 1.22 bits per heavy atom. The third kappa shape index (κ3) is 9.70. The summed E-state index contributed by atoms with van der Waals surface area (Å²) >= 11 is 4.32. The molecule has 27 heavy (non-hydrogen) atoms. The molecule has 2 aromatic rings. The van der Waals surface area contributed by atoms with Crippen LogP contribution in [0.1, 0.15) is 18.4 Å². The maximum Gasteiger partial charge on any atom is 0.514 e. The molecule has 0 radical (unpaired) electrons. The van der Waals surface area contributed by atoms with Gasteiger partial charge >= 0.3 is 6.16 Å². The lowest BCUT2D eigenvalue weighted by atomic mass is 10.3. The average Bonchev–Trinajstić information content (AvgIpc) is 2.59. The number of carbonyl (C=O) groups excluding carboxylic acids is 2. The number of carbonyl (C=O) groups is 2. The van der Waals surface area contributed by atoms with Crippen LogP contribution >= 0.6 is 12.2 Å². The molecule has 1 aromatic heterocycles. The topological polar surface area (TPSA) is 126 Å². The molecule has 0 fully saturated rings. The number of para-hydroxylation sites is 1. The minimum Gasteiger partial charge on any atom is -0.481 e. The van der Waals surface area contributed by atoms with Crippen molar-refractivity contribution in [3.05, 3.63) is 47.9 Å². The molecule has 1 heterocycles. The molecule has 0 saturated heterocycles. The van der Waals surface area contributed by atoms with Gasteiger partial charge in [-0.25, -0.2) is 9.78 Å². The van der Waals surface area contributed by atoms with Crippen LogP contribution in [0.4, 0.5) is 4.79 Å². The monoisotopic (exact) mass is 392 g/mol. The summed E-state index contributed by atoms with van der Waals surface area (Å²) in [6.07, 6.45) is -0.805. The van der Waals surface area contributed by atoms with Crippen molar-refractivity contribution in [2.24, 2.45) is 5.73 Å². The Balaban J connectivity index is 0.000000445. The highest BCUT2D eigenvalue weighted by Crippen LogP contribution is 2.11. The summed E-state index contributed by atoms with van der Waals surface area (Å²) in [5, 5.41) is 2.20. The number of benzene rings is 1. The van der Waals surface area contributed by atoms with E-state index in [0.717, 1.165) is 5.69 Å². The third-order valence-corrected chi connectivity index (χ3v) is 2.75. The minimum atomic E-state index is -0.805. The molecule has 0 aliphatic carbocycles. The van der Waals surface area contributed by atoms with Crippen molar-refractivity contribution in [3.63, 3.8) is 0 Å². The number of thiocarbonyl (C=S) groups is 1. The van der Waals surface area contributed by atoms with Gasteiger partial charge in [0.1, 0.15) is 5.75 Å². The van der Waals surface area contributed by atoms with Gasteiger partial charge in [-0.3, -0.25) is 4.79 Å². The van der Waals surface area contributed by atoms with Crippen molar-refractivity contribution in [2.45, 2.75) is 20.5 Å². The zero-order valence-corrected chi connectivity index (χ0v) is 15.9. The molecule has 9 nitrogen and oxygen atoms in total. The van der Waals surface area contributed by atoms with Gasteiger partial charge in [0.2, 0.25) is 11.8 Å². The summed E-state index contributed by atoms with van der Waals surface area (Å²) < 4.78 is 14.9. The molecule has 0 saturated carbocycles. The number of nitrogens with zero attached hydrogens (tertiary/aromatic N) is 2. The van der Waals surface area contributed by atoms with E-state index in [2.05, 4.69) is 27.5 Å². The van der Waals surface area contributed by atoms with Crippen molar-refractivity contribution >= 4 is 29.4 Å². The number of amides is 1. The van der Waals surface area contributed by atoms with Gasteiger partial charge in [-0.05, 0) is 31.3 Å². The molecule has 1 amide bonds. The number of ether oxygens (including phenoxy) is 3. The number of aryl methyl sites for hydroxylation is 1. The molecule has 0 spiro atoms.